The topological polar surface area (TPSA) is 47.0 Å². The Morgan fingerprint density at radius 1 is 1.16 bits per heavy atom. The fourth-order valence-electron chi connectivity index (χ4n) is 1.81. The molecule has 98 valence electrons. The number of ether oxygens (including phenoxy) is 1. The molecule has 0 unspecified atom stereocenters. The molecule has 4 heteroatoms. The molecule has 1 saturated carbocycles. The van der Waals surface area contributed by atoms with Gasteiger partial charge in [0, 0.05) is 18.8 Å². The van der Waals surface area contributed by atoms with E-state index in [1.165, 1.54) is 12.8 Å². The SMILES string of the molecule is c1ccc(COc2cncc(CNC3CC3)n2)cc1. The van der Waals surface area contributed by atoms with E-state index in [4.69, 9.17) is 4.74 Å². The quantitative estimate of drug-likeness (QED) is 0.860. The maximum atomic E-state index is 5.65. The number of nitrogens with zero attached hydrogens (tertiary/aromatic N) is 2. The molecule has 0 radical (unpaired) electrons. The molecule has 1 aliphatic rings. The first kappa shape index (κ1) is 12.1. The van der Waals surface area contributed by atoms with Gasteiger partial charge in [0.2, 0.25) is 5.88 Å². The average molecular weight is 255 g/mol. The van der Waals surface area contributed by atoms with Gasteiger partial charge in [-0.25, -0.2) is 4.98 Å². The highest BCUT2D eigenvalue weighted by Gasteiger charge is 2.20. The zero-order valence-corrected chi connectivity index (χ0v) is 10.7. The largest absolute Gasteiger partial charge is 0.472 e. The normalized spacial score (nSPS) is 14.3. The highest BCUT2D eigenvalue weighted by Crippen LogP contribution is 2.19. The summed E-state index contributed by atoms with van der Waals surface area (Å²) < 4.78 is 5.65. The van der Waals surface area contributed by atoms with Gasteiger partial charge in [0.25, 0.3) is 0 Å². The molecule has 19 heavy (non-hydrogen) atoms. The molecule has 1 aromatic heterocycles. The minimum Gasteiger partial charge on any atom is -0.472 e. The van der Waals surface area contributed by atoms with Crippen molar-refractivity contribution in [3.05, 3.63) is 54.0 Å². The summed E-state index contributed by atoms with van der Waals surface area (Å²) in [6.45, 7) is 1.29. The molecule has 1 heterocycles. The van der Waals surface area contributed by atoms with Crippen LogP contribution in [0.4, 0.5) is 0 Å². The third kappa shape index (κ3) is 3.76. The Labute approximate surface area is 112 Å². The van der Waals surface area contributed by atoms with E-state index in [1.54, 1.807) is 12.4 Å². The summed E-state index contributed by atoms with van der Waals surface area (Å²) in [5.41, 5.74) is 2.06. The number of rotatable bonds is 6. The zero-order chi connectivity index (χ0) is 12.9. The van der Waals surface area contributed by atoms with E-state index in [-0.39, 0.29) is 0 Å². The van der Waals surface area contributed by atoms with E-state index in [0.717, 1.165) is 17.8 Å². The van der Waals surface area contributed by atoms with Gasteiger partial charge in [0.1, 0.15) is 6.61 Å². The fourth-order valence-corrected chi connectivity index (χ4v) is 1.81. The van der Waals surface area contributed by atoms with Crippen molar-refractivity contribution in [2.75, 3.05) is 0 Å². The van der Waals surface area contributed by atoms with Crippen LogP contribution in [0.5, 0.6) is 5.88 Å². The first-order chi connectivity index (χ1) is 9.40. The van der Waals surface area contributed by atoms with Crippen LogP contribution in [0.1, 0.15) is 24.1 Å². The predicted molar refractivity (Wildman–Crippen MR) is 72.7 cm³/mol. The maximum Gasteiger partial charge on any atom is 0.232 e. The fraction of sp³-hybridized carbons (Fsp3) is 0.333. The van der Waals surface area contributed by atoms with Crippen molar-refractivity contribution in [3.8, 4) is 5.88 Å². The molecular formula is C15H17N3O. The first-order valence-corrected chi connectivity index (χ1v) is 6.61. The molecule has 0 amide bonds. The molecule has 0 spiro atoms. The van der Waals surface area contributed by atoms with Crippen molar-refractivity contribution >= 4 is 0 Å². The number of hydrogen-bond acceptors (Lipinski definition) is 4. The average Bonchev–Trinajstić information content (AvgIpc) is 3.29. The van der Waals surface area contributed by atoms with Gasteiger partial charge in [-0.2, -0.15) is 0 Å². The molecule has 3 rings (SSSR count). The van der Waals surface area contributed by atoms with Gasteiger partial charge in [-0.3, -0.25) is 4.98 Å². The summed E-state index contributed by atoms with van der Waals surface area (Å²) in [5, 5.41) is 3.42. The van der Waals surface area contributed by atoms with Crippen molar-refractivity contribution in [2.24, 2.45) is 0 Å². The Morgan fingerprint density at radius 2 is 2.00 bits per heavy atom. The van der Waals surface area contributed by atoms with Crippen LogP contribution in [0.3, 0.4) is 0 Å². The van der Waals surface area contributed by atoms with Crippen LogP contribution in [0, 0.1) is 0 Å². The lowest BCUT2D eigenvalue weighted by Crippen LogP contribution is -2.16. The van der Waals surface area contributed by atoms with Crippen LogP contribution in [-0.4, -0.2) is 16.0 Å². The number of nitrogens with one attached hydrogen (secondary N) is 1. The third-order valence-electron chi connectivity index (χ3n) is 3.04. The van der Waals surface area contributed by atoms with Gasteiger partial charge < -0.3 is 10.1 Å². The molecule has 1 aromatic carbocycles. The van der Waals surface area contributed by atoms with E-state index in [9.17, 15) is 0 Å². The Bertz CT molecular complexity index is 526. The standard InChI is InChI=1S/C15H17N3O/c1-2-4-12(5-3-1)11-19-15-10-16-8-14(18-15)9-17-13-6-7-13/h1-5,8,10,13,17H,6-7,9,11H2. The molecule has 1 aliphatic carbocycles. The van der Waals surface area contributed by atoms with Gasteiger partial charge in [0.15, 0.2) is 0 Å². The first-order valence-electron chi connectivity index (χ1n) is 6.61. The number of hydrogen-bond donors (Lipinski definition) is 1. The van der Waals surface area contributed by atoms with Crippen molar-refractivity contribution in [3.63, 3.8) is 0 Å². The van der Waals surface area contributed by atoms with Crippen LogP contribution in [0.2, 0.25) is 0 Å². The molecule has 0 bridgehead atoms. The van der Waals surface area contributed by atoms with E-state index in [2.05, 4.69) is 15.3 Å². The maximum absolute atomic E-state index is 5.65. The van der Waals surface area contributed by atoms with Crippen LogP contribution in [0.15, 0.2) is 42.7 Å². The van der Waals surface area contributed by atoms with Crippen molar-refractivity contribution in [2.45, 2.75) is 32.0 Å². The number of benzene rings is 1. The second kappa shape index (κ2) is 5.80. The van der Waals surface area contributed by atoms with Gasteiger partial charge in [-0.05, 0) is 18.4 Å². The minimum atomic E-state index is 0.523. The van der Waals surface area contributed by atoms with Crippen molar-refractivity contribution in [1.82, 2.24) is 15.3 Å². The van der Waals surface area contributed by atoms with Crippen LogP contribution < -0.4 is 10.1 Å². The highest BCUT2D eigenvalue weighted by molar-refractivity contribution is 5.15. The Balaban J connectivity index is 1.56. The van der Waals surface area contributed by atoms with Crippen molar-refractivity contribution < 1.29 is 4.74 Å². The van der Waals surface area contributed by atoms with Gasteiger partial charge in [-0.15, -0.1) is 0 Å². The predicted octanol–water partition coefficient (Wildman–Crippen LogP) is 2.31. The summed E-state index contributed by atoms with van der Waals surface area (Å²) >= 11 is 0. The molecule has 1 fully saturated rings. The Kier molecular flexibility index (Phi) is 3.70. The van der Waals surface area contributed by atoms with Gasteiger partial charge in [0.05, 0.1) is 11.9 Å². The molecule has 0 saturated heterocycles. The van der Waals surface area contributed by atoms with E-state index >= 15 is 0 Å². The second-order valence-corrected chi connectivity index (χ2v) is 4.78. The summed E-state index contributed by atoms with van der Waals surface area (Å²) in [7, 11) is 0. The lowest BCUT2D eigenvalue weighted by atomic mass is 10.2. The third-order valence-corrected chi connectivity index (χ3v) is 3.04. The smallest absolute Gasteiger partial charge is 0.232 e. The molecular weight excluding hydrogens is 238 g/mol. The van der Waals surface area contributed by atoms with Crippen LogP contribution >= 0.6 is 0 Å². The van der Waals surface area contributed by atoms with Gasteiger partial charge in [-0.1, -0.05) is 30.3 Å². The highest BCUT2D eigenvalue weighted by atomic mass is 16.5. The van der Waals surface area contributed by atoms with E-state index < -0.39 is 0 Å². The number of aromatic nitrogens is 2. The van der Waals surface area contributed by atoms with E-state index in [1.807, 2.05) is 30.3 Å². The minimum absolute atomic E-state index is 0.523. The molecule has 0 atom stereocenters. The Hall–Kier alpha value is -1.94. The van der Waals surface area contributed by atoms with Crippen molar-refractivity contribution in [1.29, 1.82) is 0 Å². The second-order valence-electron chi connectivity index (χ2n) is 4.78. The lowest BCUT2D eigenvalue weighted by molar-refractivity contribution is 0.291. The monoisotopic (exact) mass is 255 g/mol. The summed E-state index contributed by atoms with van der Waals surface area (Å²) in [6.07, 6.45) is 5.99. The molecule has 1 N–H and O–H groups in total. The summed E-state index contributed by atoms with van der Waals surface area (Å²) in [4.78, 5) is 8.61. The molecule has 4 nitrogen and oxygen atoms in total. The Morgan fingerprint density at radius 3 is 2.79 bits per heavy atom. The van der Waals surface area contributed by atoms with Crippen LogP contribution in [-0.2, 0) is 13.2 Å². The van der Waals surface area contributed by atoms with Crippen LogP contribution in [0.25, 0.3) is 0 Å². The van der Waals surface area contributed by atoms with E-state index in [0.29, 0.717) is 18.5 Å². The summed E-state index contributed by atoms with van der Waals surface area (Å²) in [6, 6.07) is 10.7. The molecule has 0 aliphatic heterocycles. The van der Waals surface area contributed by atoms with Gasteiger partial charge >= 0.3 is 0 Å². The zero-order valence-electron chi connectivity index (χ0n) is 10.7. The lowest BCUT2D eigenvalue weighted by Gasteiger charge is -2.07. The summed E-state index contributed by atoms with van der Waals surface area (Å²) in [5.74, 6) is 0.582. The molecule has 2 aromatic rings.